The number of likely N-dealkylation sites (N-methyl/N-ethyl adjacent to an activating group) is 1. The molecule has 1 aliphatic heterocycles. The first-order valence-electron chi connectivity index (χ1n) is 7.84. The number of thiophene rings is 1. The number of nitrogens with one attached hydrogen (secondary N) is 1. The molecule has 1 fully saturated rings. The second-order valence-corrected chi connectivity index (χ2v) is 7.38. The van der Waals surface area contributed by atoms with Gasteiger partial charge in [0.2, 0.25) is 0 Å². The molecule has 2 rings (SSSR count). The zero-order valence-corrected chi connectivity index (χ0v) is 14.2. The van der Waals surface area contributed by atoms with E-state index in [1.165, 1.54) is 48.0 Å². The van der Waals surface area contributed by atoms with E-state index in [0.717, 1.165) is 13.1 Å². The van der Waals surface area contributed by atoms with E-state index in [9.17, 15) is 0 Å². The lowest BCUT2D eigenvalue weighted by Gasteiger charge is -2.33. The van der Waals surface area contributed by atoms with Gasteiger partial charge in [-0.25, -0.2) is 0 Å². The van der Waals surface area contributed by atoms with Crippen LogP contribution in [0.1, 0.15) is 36.1 Å². The lowest BCUT2D eigenvalue weighted by atomic mass is 10.2. The molecule has 0 saturated carbocycles. The van der Waals surface area contributed by atoms with Crippen molar-refractivity contribution in [3.63, 3.8) is 0 Å². The Morgan fingerprint density at radius 1 is 1.20 bits per heavy atom. The summed E-state index contributed by atoms with van der Waals surface area (Å²) in [4.78, 5) is 8.09. The minimum Gasteiger partial charge on any atom is -0.310 e. The topological polar surface area (TPSA) is 18.5 Å². The Balaban J connectivity index is 1.86. The SMILES string of the molecule is CCN1CCN(Cc2cc(CNC(C)C)sc2C)CC1. The molecule has 0 atom stereocenters. The van der Waals surface area contributed by atoms with E-state index in [0.29, 0.717) is 6.04 Å². The Hall–Kier alpha value is -0.420. The molecule has 3 nitrogen and oxygen atoms in total. The molecule has 1 N–H and O–H groups in total. The van der Waals surface area contributed by atoms with Gasteiger partial charge in [-0.2, -0.15) is 0 Å². The van der Waals surface area contributed by atoms with E-state index in [2.05, 4.69) is 48.9 Å². The zero-order chi connectivity index (χ0) is 14.5. The van der Waals surface area contributed by atoms with Crippen LogP contribution in [-0.4, -0.2) is 48.6 Å². The van der Waals surface area contributed by atoms with Crippen molar-refractivity contribution in [3.8, 4) is 0 Å². The van der Waals surface area contributed by atoms with Gasteiger partial charge in [0.1, 0.15) is 0 Å². The second kappa shape index (κ2) is 7.55. The Labute approximate surface area is 128 Å². The summed E-state index contributed by atoms with van der Waals surface area (Å²) in [6, 6.07) is 2.96. The average Bonchev–Trinajstić information content (AvgIpc) is 2.78. The molecule has 1 saturated heterocycles. The molecule has 4 heteroatoms. The van der Waals surface area contributed by atoms with Crippen molar-refractivity contribution in [2.24, 2.45) is 0 Å². The van der Waals surface area contributed by atoms with E-state index in [1.807, 2.05) is 11.3 Å². The minimum absolute atomic E-state index is 0.558. The third kappa shape index (κ3) is 4.55. The molecule has 1 aliphatic rings. The number of piperazine rings is 1. The van der Waals surface area contributed by atoms with Gasteiger partial charge >= 0.3 is 0 Å². The monoisotopic (exact) mass is 295 g/mol. The lowest BCUT2D eigenvalue weighted by Crippen LogP contribution is -2.45. The maximum Gasteiger partial charge on any atom is 0.0302 e. The number of hydrogen-bond donors (Lipinski definition) is 1. The fraction of sp³-hybridized carbons (Fsp3) is 0.750. The summed E-state index contributed by atoms with van der Waals surface area (Å²) in [5.74, 6) is 0. The third-order valence-corrected chi connectivity index (χ3v) is 5.15. The summed E-state index contributed by atoms with van der Waals surface area (Å²) >= 11 is 1.95. The third-order valence-electron chi connectivity index (χ3n) is 4.06. The van der Waals surface area contributed by atoms with E-state index in [-0.39, 0.29) is 0 Å². The highest BCUT2D eigenvalue weighted by molar-refractivity contribution is 7.12. The molecule has 1 aromatic rings. The lowest BCUT2D eigenvalue weighted by molar-refractivity contribution is 0.132. The summed E-state index contributed by atoms with van der Waals surface area (Å²) in [5, 5.41) is 3.51. The highest BCUT2D eigenvalue weighted by Crippen LogP contribution is 2.23. The van der Waals surface area contributed by atoms with Crippen molar-refractivity contribution in [3.05, 3.63) is 21.4 Å². The van der Waals surface area contributed by atoms with Crippen LogP contribution in [0.25, 0.3) is 0 Å². The molecule has 0 amide bonds. The first-order valence-corrected chi connectivity index (χ1v) is 8.66. The summed E-state index contributed by atoms with van der Waals surface area (Å²) in [6.07, 6.45) is 0. The minimum atomic E-state index is 0.558. The second-order valence-electron chi connectivity index (χ2n) is 6.04. The van der Waals surface area contributed by atoms with Gasteiger partial charge in [-0.05, 0) is 25.1 Å². The molecule has 0 aliphatic carbocycles. The van der Waals surface area contributed by atoms with Crippen LogP contribution in [0, 0.1) is 6.92 Å². The van der Waals surface area contributed by atoms with Crippen molar-refractivity contribution in [1.29, 1.82) is 0 Å². The zero-order valence-electron chi connectivity index (χ0n) is 13.4. The van der Waals surface area contributed by atoms with E-state index < -0.39 is 0 Å². The average molecular weight is 295 g/mol. The van der Waals surface area contributed by atoms with Crippen molar-refractivity contribution in [1.82, 2.24) is 15.1 Å². The molecule has 0 unspecified atom stereocenters. The van der Waals surface area contributed by atoms with E-state index >= 15 is 0 Å². The van der Waals surface area contributed by atoms with Crippen molar-refractivity contribution >= 4 is 11.3 Å². The van der Waals surface area contributed by atoms with Crippen LogP contribution in [0.2, 0.25) is 0 Å². The van der Waals surface area contributed by atoms with Gasteiger partial charge in [0.15, 0.2) is 0 Å². The molecule has 1 aromatic heterocycles. The molecule has 0 radical (unpaired) electrons. The van der Waals surface area contributed by atoms with Crippen LogP contribution in [-0.2, 0) is 13.1 Å². The first-order chi connectivity index (χ1) is 9.58. The molecule has 2 heterocycles. The largest absolute Gasteiger partial charge is 0.310 e. The molecule has 0 bridgehead atoms. The maximum absolute atomic E-state index is 3.51. The Kier molecular flexibility index (Phi) is 6.02. The Morgan fingerprint density at radius 3 is 2.45 bits per heavy atom. The summed E-state index contributed by atoms with van der Waals surface area (Å²) in [7, 11) is 0. The highest BCUT2D eigenvalue weighted by Gasteiger charge is 2.17. The number of hydrogen-bond acceptors (Lipinski definition) is 4. The fourth-order valence-corrected chi connectivity index (χ4v) is 3.65. The van der Waals surface area contributed by atoms with Crippen LogP contribution < -0.4 is 5.32 Å². The van der Waals surface area contributed by atoms with Crippen LogP contribution in [0.15, 0.2) is 6.07 Å². The molecule has 0 spiro atoms. The van der Waals surface area contributed by atoms with Crippen molar-refractivity contribution in [2.45, 2.75) is 46.8 Å². The number of nitrogens with zero attached hydrogens (tertiary/aromatic N) is 2. The van der Waals surface area contributed by atoms with Gasteiger partial charge in [0.05, 0.1) is 0 Å². The van der Waals surface area contributed by atoms with Gasteiger partial charge in [-0.3, -0.25) is 4.90 Å². The van der Waals surface area contributed by atoms with Crippen molar-refractivity contribution < 1.29 is 0 Å². The van der Waals surface area contributed by atoms with Gasteiger partial charge < -0.3 is 10.2 Å². The predicted molar refractivity (Wildman–Crippen MR) is 88.4 cm³/mol. The van der Waals surface area contributed by atoms with Gasteiger partial charge in [0.25, 0.3) is 0 Å². The van der Waals surface area contributed by atoms with Crippen LogP contribution in [0.5, 0.6) is 0 Å². The fourth-order valence-electron chi connectivity index (χ4n) is 2.64. The van der Waals surface area contributed by atoms with Gasteiger partial charge in [-0.1, -0.05) is 20.8 Å². The normalized spacial score (nSPS) is 18.1. The molecular weight excluding hydrogens is 266 g/mol. The number of aryl methyl sites for hydroxylation is 1. The summed E-state index contributed by atoms with van der Waals surface area (Å²) in [6.45, 7) is 17.1. The summed E-state index contributed by atoms with van der Waals surface area (Å²) in [5.41, 5.74) is 1.53. The van der Waals surface area contributed by atoms with Crippen molar-refractivity contribution in [2.75, 3.05) is 32.7 Å². The van der Waals surface area contributed by atoms with Gasteiger partial charge in [-0.15, -0.1) is 11.3 Å². The van der Waals surface area contributed by atoms with E-state index in [1.54, 1.807) is 0 Å². The van der Waals surface area contributed by atoms with Crippen LogP contribution in [0.4, 0.5) is 0 Å². The number of rotatable bonds is 6. The Morgan fingerprint density at radius 2 is 1.85 bits per heavy atom. The smallest absolute Gasteiger partial charge is 0.0302 e. The predicted octanol–water partition coefficient (Wildman–Crippen LogP) is 2.69. The Bertz CT molecular complexity index is 406. The summed E-state index contributed by atoms with van der Waals surface area (Å²) < 4.78 is 0. The quantitative estimate of drug-likeness (QED) is 0.870. The molecular formula is C16H29N3S. The molecule has 0 aromatic carbocycles. The first kappa shape index (κ1) is 16.0. The van der Waals surface area contributed by atoms with Gasteiger partial charge in [0, 0.05) is 55.1 Å². The van der Waals surface area contributed by atoms with Crippen LogP contribution >= 0.6 is 11.3 Å². The van der Waals surface area contributed by atoms with E-state index in [4.69, 9.17) is 0 Å². The standard InChI is InChI=1S/C16H29N3S/c1-5-18-6-8-19(9-7-18)12-15-10-16(20-14(15)4)11-17-13(2)3/h10,13,17H,5-9,11-12H2,1-4H3. The highest BCUT2D eigenvalue weighted by atomic mass is 32.1. The van der Waals surface area contributed by atoms with Crippen LogP contribution in [0.3, 0.4) is 0 Å². The maximum atomic E-state index is 3.51. The molecule has 20 heavy (non-hydrogen) atoms. The molecule has 114 valence electrons.